The molecule has 0 fully saturated rings. The van der Waals surface area contributed by atoms with Crippen molar-refractivity contribution in [3.63, 3.8) is 0 Å². The van der Waals surface area contributed by atoms with E-state index >= 15 is 0 Å². The molecule has 3 heterocycles. The normalized spacial score (nSPS) is 16.1. The van der Waals surface area contributed by atoms with Gasteiger partial charge in [0, 0.05) is 5.56 Å². The molecule has 0 radical (unpaired) electrons. The van der Waals surface area contributed by atoms with Crippen molar-refractivity contribution in [3.8, 4) is 28.7 Å². The van der Waals surface area contributed by atoms with Crippen LogP contribution in [0.3, 0.4) is 0 Å². The first-order chi connectivity index (χ1) is 15.4. The summed E-state index contributed by atoms with van der Waals surface area (Å²) in [6, 6.07) is 12.1. The fourth-order valence-electron chi connectivity index (χ4n) is 3.47. The van der Waals surface area contributed by atoms with Crippen molar-refractivity contribution in [2.24, 2.45) is 0 Å². The Kier molecular flexibility index (Phi) is 4.89. The van der Waals surface area contributed by atoms with E-state index in [0.29, 0.717) is 23.5 Å². The first-order valence-electron chi connectivity index (χ1n) is 9.62. The van der Waals surface area contributed by atoms with Gasteiger partial charge in [-0.05, 0) is 29.8 Å². The van der Waals surface area contributed by atoms with Crippen molar-refractivity contribution in [1.29, 1.82) is 0 Å². The highest BCUT2D eigenvalue weighted by Crippen LogP contribution is 2.33. The minimum Gasteiger partial charge on any atom is -0.497 e. The van der Waals surface area contributed by atoms with Gasteiger partial charge in [-0.15, -0.1) is 5.10 Å². The number of hydrogen-bond donors (Lipinski definition) is 0. The lowest BCUT2D eigenvalue weighted by molar-refractivity contribution is -0.137. The summed E-state index contributed by atoms with van der Waals surface area (Å²) in [6.45, 7) is 0.664. The lowest BCUT2D eigenvalue weighted by Gasteiger charge is -2.24. The molecule has 2 aromatic heterocycles. The number of alkyl halides is 3. The molecule has 1 atom stereocenters. The van der Waals surface area contributed by atoms with Crippen molar-refractivity contribution in [3.05, 3.63) is 65.4 Å². The predicted molar refractivity (Wildman–Crippen MR) is 104 cm³/mol. The van der Waals surface area contributed by atoms with Crippen LogP contribution in [0.2, 0.25) is 0 Å². The molecule has 0 aliphatic carbocycles. The molecule has 32 heavy (non-hydrogen) atoms. The first-order valence-corrected chi connectivity index (χ1v) is 9.62. The number of nitrogens with zero attached hydrogens (tertiary/aromatic N) is 5. The number of fused-ring (bicyclic) bond motifs is 1. The van der Waals surface area contributed by atoms with Crippen LogP contribution in [0.5, 0.6) is 5.75 Å². The predicted octanol–water partition coefficient (Wildman–Crippen LogP) is 4.29. The summed E-state index contributed by atoms with van der Waals surface area (Å²) in [5.74, 6) is 1.00. The zero-order chi connectivity index (χ0) is 22.3. The second-order valence-electron chi connectivity index (χ2n) is 7.14. The fraction of sp³-hybridized carbons (Fsp3) is 0.238. The third kappa shape index (κ3) is 3.71. The van der Waals surface area contributed by atoms with E-state index in [-0.39, 0.29) is 24.4 Å². The standard InChI is InChI=1S/C21H16F3N5O3/c1-30-15-4-2-3-13(9-15)17-10-29-16(11-31-17)18(26-28-29)20-25-19(27-32-20)12-5-7-14(8-6-12)21(22,23)24/h2-9,17H,10-11H2,1H3. The second kappa shape index (κ2) is 7.75. The quantitative estimate of drug-likeness (QED) is 0.465. The minimum atomic E-state index is -4.41. The number of rotatable bonds is 4. The van der Waals surface area contributed by atoms with Gasteiger partial charge in [0.05, 0.1) is 31.5 Å². The van der Waals surface area contributed by atoms with Crippen molar-refractivity contribution < 1.29 is 27.2 Å². The third-order valence-electron chi connectivity index (χ3n) is 5.16. The highest BCUT2D eigenvalue weighted by molar-refractivity contribution is 5.59. The Bertz CT molecular complexity index is 1250. The van der Waals surface area contributed by atoms with Gasteiger partial charge < -0.3 is 14.0 Å². The molecule has 1 unspecified atom stereocenters. The summed E-state index contributed by atoms with van der Waals surface area (Å²) in [7, 11) is 1.60. The maximum absolute atomic E-state index is 12.8. The number of methoxy groups -OCH3 is 1. The van der Waals surface area contributed by atoms with Gasteiger partial charge in [-0.25, -0.2) is 4.68 Å². The Labute approximate surface area is 179 Å². The first kappa shape index (κ1) is 20.2. The van der Waals surface area contributed by atoms with E-state index in [0.717, 1.165) is 23.4 Å². The molecule has 2 aromatic carbocycles. The Hall–Kier alpha value is -3.73. The average Bonchev–Trinajstić information content (AvgIpc) is 3.45. The molecular formula is C21H16F3N5O3. The number of ether oxygens (including phenoxy) is 2. The third-order valence-corrected chi connectivity index (χ3v) is 5.16. The molecule has 0 N–H and O–H groups in total. The summed E-state index contributed by atoms with van der Waals surface area (Å²) in [4.78, 5) is 4.28. The van der Waals surface area contributed by atoms with Crippen LogP contribution in [0.1, 0.15) is 22.9 Å². The number of benzene rings is 2. The zero-order valence-corrected chi connectivity index (χ0v) is 16.7. The highest BCUT2D eigenvalue weighted by Gasteiger charge is 2.31. The average molecular weight is 443 g/mol. The van der Waals surface area contributed by atoms with Crippen LogP contribution < -0.4 is 4.74 Å². The van der Waals surface area contributed by atoms with Crippen LogP contribution in [0.15, 0.2) is 53.1 Å². The van der Waals surface area contributed by atoms with Gasteiger partial charge in [-0.3, -0.25) is 0 Å². The van der Waals surface area contributed by atoms with E-state index in [1.807, 2.05) is 24.3 Å². The molecule has 0 saturated heterocycles. The molecule has 11 heteroatoms. The molecule has 1 aliphatic rings. The SMILES string of the molecule is COc1cccc(C2Cn3nnc(-c4nc(-c5ccc(C(F)(F)F)cc5)no4)c3CO2)c1. The lowest BCUT2D eigenvalue weighted by Crippen LogP contribution is -2.22. The van der Waals surface area contributed by atoms with Crippen molar-refractivity contribution in [2.45, 2.75) is 25.4 Å². The monoisotopic (exact) mass is 443 g/mol. The number of hydrogen-bond acceptors (Lipinski definition) is 7. The van der Waals surface area contributed by atoms with E-state index < -0.39 is 11.7 Å². The Balaban J connectivity index is 1.37. The maximum atomic E-state index is 12.8. The van der Waals surface area contributed by atoms with Crippen LogP contribution in [0.25, 0.3) is 23.0 Å². The lowest BCUT2D eigenvalue weighted by atomic mass is 10.1. The number of halogens is 3. The summed E-state index contributed by atoms with van der Waals surface area (Å²) < 4.78 is 56.6. The van der Waals surface area contributed by atoms with E-state index in [9.17, 15) is 13.2 Å². The van der Waals surface area contributed by atoms with E-state index in [4.69, 9.17) is 14.0 Å². The van der Waals surface area contributed by atoms with Crippen LogP contribution in [-0.2, 0) is 24.1 Å². The Morgan fingerprint density at radius 2 is 1.94 bits per heavy atom. The van der Waals surface area contributed by atoms with E-state index in [1.54, 1.807) is 11.8 Å². The summed E-state index contributed by atoms with van der Waals surface area (Å²) in [5, 5.41) is 12.2. The van der Waals surface area contributed by atoms with Crippen molar-refractivity contribution >= 4 is 0 Å². The van der Waals surface area contributed by atoms with Crippen molar-refractivity contribution in [1.82, 2.24) is 25.1 Å². The molecule has 8 nitrogen and oxygen atoms in total. The summed E-state index contributed by atoms with van der Waals surface area (Å²) in [6.07, 6.45) is -4.64. The van der Waals surface area contributed by atoms with Crippen LogP contribution >= 0.6 is 0 Å². The van der Waals surface area contributed by atoms with Gasteiger partial charge in [-0.1, -0.05) is 34.6 Å². The van der Waals surface area contributed by atoms with E-state index in [1.165, 1.54) is 12.1 Å². The molecule has 164 valence electrons. The summed E-state index contributed by atoms with van der Waals surface area (Å²) in [5.41, 5.74) is 1.64. The Morgan fingerprint density at radius 3 is 2.69 bits per heavy atom. The van der Waals surface area contributed by atoms with Crippen LogP contribution in [0, 0.1) is 0 Å². The molecule has 0 amide bonds. The molecule has 4 aromatic rings. The van der Waals surface area contributed by atoms with E-state index in [2.05, 4.69) is 20.5 Å². The van der Waals surface area contributed by atoms with Crippen LogP contribution in [-0.4, -0.2) is 32.2 Å². The molecule has 0 saturated carbocycles. The van der Waals surface area contributed by atoms with Gasteiger partial charge in [0.1, 0.15) is 11.9 Å². The van der Waals surface area contributed by atoms with Gasteiger partial charge in [0.2, 0.25) is 5.82 Å². The smallest absolute Gasteiger partial charge is 0.416 e. The van der Waals surface area contributed by atoms with Gasteiger partial charge in [0.15, 0.2) is 5.69 Å². The van der Waals surface area contributed by atoms with Gasteiger partial charge in [0.25, 0.3) is 5.89 Å². The maximum Gasteiger partial charge on any atom is 0.416 e. The van der Waals surface area contributed by atoms with Gasteiger partial charge >= 0.3 is 6.18 Å². The number of aromatic nitrogens is 5. The summed E-state index contributed by atoms with van der Waals surface area (Å²) >= 11 is 0. The molecule has 0 bridgehead atoms. The second-order valence-corrected chi connectivity index (χ2v) is 7.14. The minimum absolute atomic E-state index is 0.115. The fourth-order valence-corrected chi connectivity index (χ4v) is 3.47. The molecular weight excluding hydrogens is 427 g/mol. The van der Waals surface area contributed by atoms with Gasteiger partial charge in [-0.2, -0.15) is 18.2 Å². The zero-order valence-electron chi connectivity index (χ0n) is 16.7. The molecule has 5 rings (SSSR count). The van der Waals surface area contributed by atoms with Crippen LogP contribution in [0.4, 0.5) is 13.2 Å². The highest BCUT2D eigenvalue weighted by atomic mass is 19.4. The topological polar surface area (TPSA) is 88.1 Å². The largest absolute Gasteiger partial charge is 0.497 e. The Morgan fingerprint density at radius 1 is 1.12 bits per heavy atom. The molecule has 1 aliphatic heterocycles. The van der Waals surface area contributed by atoms with Crippen molar-refractivity contribution in [2.75, 3.05) is 7.11 Å². The molecule has 0 spiro atoms.